The van der Waals surface area contributed by atoms with Crippen molar-refractivity contribution in [3.63, 3.8) is 0 Å². The summed E-state index contributed by atoms with van der Waals surface area (Å²) in [6.07, 6.45) is 10.6. The van der Waals surface area contributed by atoms with E-state index in [1.54, 1.807) is 0 Å². The molecule has 0 aromatic heterocycles. The van der Waals surface area contributed by atoms with Crippen LogP contribution in [0, 0.1) is 5.92 Å². The molecule has 2 aliphatic heterocycles. The Labute approximate surface area is 142 Å². The van der Waals surface area contributed by atoms with Gasteiger partial charge >= 0.3 is 0 Å². The number of piperidine rings is 2. The van der Waals surface area contributed by atoms with Gasteiger partial charge in [-0.1, -0.05) is 19.8 Å². The lowest BCUT2D eigenvalue weighted by Gasteiger charge is -2.37. The first kappa shape index (κ1) is 17.7. The van der Waals surface area contributed by atoms with Crippen LogP contribution >= 0.6 is 0 Å². The Bertz CT molecular complexity index is 330. The van der Waals surface area contributed by atoms with Gasteiger partial charge in [-0.2, -0.15) is 0 Å². The molecule has 4 heteroatoms. The molecule has 3 fully saturated rings. The zero-order valence-electron chi connectivity index (χ0n) is 15.1. The van der Waals surface area contributed by atoms with Crippen LogP contribution in [-0.4, -0.2) is 72.4 Å². The molecule has 1 atom stereocenters. The summed E-state index contributed by atoms with van der Waals surface area (Å²) < 4.78 is 0. The van der Waals surface area contributed by atoms with Gasteiger partial charge in [0.15, 0.2) is 0 Å². The van der Waals surface area contributed by atoms with Crippen molar-refractivity contribution in [2.45, 2.75) is 76.5 Å². The second-order valence-electron chi connectivity index (χ2n) is 8.29. The Morgan fingerprint density at radius 3 is 2.26 bits per heavy atom. The van der Waals surface area contributed by atoms with Crippen LogP contribution in [0.2, 0.25) is 0 Å². The van der Waals surface area contributed by atoms with Gasteiger partial charge in [0.1, 0.15) is 0 Å². The molecule has 0 amide bonds. The Balaban J connectivity index is 1.28. The lowest BCUT2D eigenvalue weighted by molar-refractivity contribution is 0.0833. The minimum atomic E-state index is -0.212. The number of aliphatic hydroxyl groups excluding tert-OH is 1. The van der Waals surface area contributed by atoms with Crippen LogP contribution in [0.15, 0.2) is 0 Å². The van der Waals surface area contributed by atoms with E-state index in [2.05, 4.69) is 22.0 Å². The second-order valence-corrected chi connectivity index (χ2v) is 8.29. The molecule has 3 aliphatic rings. The summed E-state index contributed by atoms with van der Waals surface area (Å²) in [5, 5.41) is 13.9. The van der Waals surface area contributed by atoms with Crippen LogP contribution < -0.4 is 5.32 Å². The van der Waals surface area contributed by atoms with E-state index in [0.29, 0.717) is 6.04 Å². The van der Waals surface area contributed by atoms with Crippen molar-refractivity contribution in [2.24, 2.45) is 5.92 Å². The Hall–Kier alpha value is -0.160. The maximum absolute atomic E-state index is 10.3. The molecule has 0 bridgehead atoms. The highest BCUT2D eigenvalue weighted by Gasteiger charge is 2.27. The van der Waals surface area contributed by atoms with E-state index >= 15 is 0 Å². The highest BCUT2D eigenvalue weighted by molar-refractivity contribution is 4.85. The summed E-state index contributed by atoms with van der Waals surface area (Å²) in [6, 6.07) is 1.49. The van der Waals surface area contributed by atoms with E-state index in [0.717, 1.165) is 38.1 Å². The molecule has 2 heterocycles. The number of rotatable bonds is 6. The largest absolute Gasteiger partial charge is 0.390 e. The van der Waals surface area contributed by atoms with Gasteiger partial charge in [0.2, 0.25) is 0 Å². The number of likely N-dealkylation sites (tertiary alicyclic amines) is 2. The van der Waals surface area contributed by atoms with Crippen molar-refractivity contribution in [3.8, 4) is 0 Å². The van der Waals surface area contributed by atoms with Crippen LogP contribution in [0.3, 0.4) is 0 Å². The van der Waals surface area contributed by atoms with Crippen molar-refractivity contribution < 1.29 is 5.11 Å². The zero-order chi connectivity index (χ0) is 16.1. The predicted molar refractivity (Wildman–Crippen MR) is 95.7 cm³/mol. The Morgan fingerprint density at radius 1 is 0.957 bits per heavy atom. The number of β-amino-alcohol motifs (C(OH)–C–C–N with tert-alkyl or cyclic N) is 1. The molecule has 4 nitrogen and oxygen atoms in total. The SMILES string of the molecule is CC1CCN(CC(O)CNC2CCN(C3CCCC3)CC2)CC1. The third-order valence-electron chi connectivity index (χ3n) is 6.36. The van der Waals surface area contributed by atoms with Crippen molar-refractivity contribution in [1.82, 2.24) is 15.1 Å². The average Bonchev–Trinajstić information content (AvgIpc) is 3.10. The number of hydrogen-bond acceptors (Lipinski definition) is 4. The highest BCUT2D eigenvalue weighted by atomic mass is 16.3. The topological polar surface area (TPSA) is 38.7 Å². The minimum Gasteiger partial charge on any atom is -0.390 e. The van der Waals surface area contributed by atoms with Gasteiger partial charge in [-0.25, -0.2) is 0 Å². The maximum Gasteiger partial charge on any atom is 0.0791 e. The standard InChI is InChI=1S/C19H37N3O/c1-16-6-10-21(11-7-16)15-19(23)14-20-17-8-12-22(13-9-17)18-4-2-3-5-18/h16-20,23H,2-15H2,1H3. The zero-order valence-corrected chi connectivity index (χ0v) is 15.1. The molecule has 0 aromatic rings. The molecule has 0 radical (unpaired) electrons. The maximum atomic E-state index is 10.3. The molecule has 3 rings (SSSR count). The summed E-state index contributed by atoms with van der Waals surface area (Å²) in [6.45, 7) is 8.79. The monoisotopic (exact) mass is 323 g/mol. The summed E-state index contributed by atoms with van der Waals surface area (Å²) in [5.41, 5.74) is 0. The van der Waals surface area contributed by atoms with E-state index in [9.17, 15) is 5.11 Å². The molecule has 1 unspecified atom stereocenters. The fraction of sp³-hybridized carbons (Fsp3) is 1.00. The third-order valence-corrected chi connectivity index (χ3v) is 6.36. The van der Waals surface area contributed by atoms with Crippen LogP contribution in [0.5, 0.6) is 0 Å². The molecule has 2 saturated heterocycles. The first-order valence-electron chi connectivity index (χ1n) is 10.1. The molecule has 2 N–H and O–H groups in total. The molecule has 134 valence electrons. The minimum absolute atomic E-state index is 0.212. The van der Waals surface area contributed by atoms with Gasteiger partial charge in [-0.05, 0) is 70.6 Å². The summed E-state index contributed by atoms with van der Waals surface area (Å²) in [4.78, 5) is 5.16. The van der Waals surface area contributed by atoms with Crippen molar-refractivity contribution in [1.29, 1.82) is 0 Å². The van der Waals surface area contributed by atoms with Gasteiger partial charge in [0.05, 0.1) is 6.10 Å². The predicted octanol–water partition coefficient (Wildman–Crippen LogP) is 2.08. The number of nitrogens with zero attached hydrogens (tertiary/aromatic N) is 2. The van der Waals surface area contributed by atoms with Crippen molar-refractivity contribution in [2.75, 3.05) is 39.3 Å². The van der Waals surface area contributed by atoms with Crippen LogP contribution in [0.1, 0.15) is 58.3 Å². The van der Waals surface area contributed by atoms with E-state index in [1.165, 1.54) is 64.5 Å². The first-order chi connectivity index (χ1) is 11.2. The van der Waals surface area contributed by atoms with E-state index in [4.69, 9.17) is 0 Å². The molecule has 1 aliphatic carbocycles. The van der Waals surface area contributed by atoms with Gasteiger partial charge in [0, 0.05) is 25.2 Å². The summed E-state index contributed by atoms with van der Waals surface area (Å²) in [5.74, 6) is 0.867. The van der Waals surface area contributed by atoms with Gasteiger partial charge < -0.3 is 20.2 Å². The fourth-order valence-electron chi connectivity index (χ4n) is 4.65. The number of aliphatic hydroxyl groups is 1. The second kappa shape index (κ2) is 8.80. The summed E-state index contributed by atoms with van der Waals surface area (Å²) >= 11 is 0. The molecule has 1 saturated carbocycles. The Morgan fingerprint density at radius 2 is 1.61 bits per heavy atom. The lowest BCUT2D eigenvalue weighted by Crippen LogP contribution is -2.48. The molecule has 0 spiro atoms. The number of hydrogen-bond donors (Lipinski definition) is 2. The van der Waals surface area contributed by atoms with Crippen LogP contribution in [-0.2, 0) is 0 Å². The van der Waals surface area contributed by atoms with Crippen molar-refractivity contribution >= 4 is 0 Å². The van der Waals surface area contributed by atoms with Crippen LogP contribution in [0.4, 0.5) is 0 Å². The highest BCUT2D eigenvalue weighted by Crippen LogP contribution is 2.26. The van der Waals surface area contributed by atoms with E-state index in [1.807, 2.05) is 0 Å². The fourth-order valence-corrected chi connectivity index (χ4v) is 4.65. The van der Waals surface area contributed by atoms with Gasteiger partial charge in [-0.15, -0.1) is 0 Å². The molecule has 0 aromatic carbocycles. The third kappa shape index (κ3) is 5.42. The lowest BCUT2D eigenvalue weighted by atomic mass is 9.99. The smallest absolute Gasteiger partial charge is 0.0791 e. The van der Waals surface area contributed by atoms with E-state index < -0.39 is 0 Å². The van der Waals surface area contributed by atoms with E-state index in [-0.39, 0.29) is 6.10 Å². The normalized spacial score (nSPS) is 28.4. The van der Waals surface area contributed by atoms with Gasteiger partial charge in [-0.3, -0.25) is 0 Å². The van der Waals surface area contributed by atoms with Crippen molar-refractivity contribution in [3.05, 3.63) is 0 Å². The average molecular weight is 324 g/mol. The summed E-state index contributed by atoms with van der Waals surface area (Å²) in [7, 11) is 0. The first-order valence-corrected chi connectivity index (χ1v) is 10.1. The quantitative estimate of drug-likeness (QED) is 0.785. The molecule has 23 heavy (non-hydrogen) atoms. The molecular formula is C19H37N3O. The van der Waals surface area contributed by atoms with Crippen LogP contribution in [0.25, 0.3) is 0 Å². The Kier molecular flexibility index (Phi) is 6.75. The molecular weight excluding hydrogens is 286 g/mol. The van der Waals surface area contributed by atoms with Gasteiger partial charge in [0.25, 0.3) is 0 Å². The number of nitrogens with one attached hydrogen (secondary N) is 1.